The summed E-state index contributed by atoms with van der Waals surface area (Å²) >= 11 is 7.73. The molecule has 1 aromatic heterocycles. The minimum atomic E-state index is -0.188. The Morgan fingerprint density at radius 1 is 1.09 bits per heavy atom. The van der Waals surface area contributed by atoms with Gasteiger partial charge in [-0.3, -0.25) is 9.59 Å². The van der Waals surface area contributed by atoms with Crippen molar-refractivity contribution in [1.82, 2.24) is 5.32 Å². The zero-order chi connectivity index (χ0) is 21.9. The molecule has 4 nitrogen and oxygen atoms in total. The maximum atomic E-state index is 13.6. The van der Waals surface area contributed by atoms with Gasteiger partial charge in [-0.05, 0) is 98.8 Å². The second-order valence-corrected chi connectivity index (χ2v) is 11.9. The van der Waals surface area contributed by atoms with Crippen molar-refractivity contribution in [3.63, 3.8) is 0 Å². The molecule has 0 spiro atoms. The lowest BCUT2D eigenvalue weighted by atomic mass is 9.75. The first-order valence-electron chi connectivity index (χ1n) is 12.0. The Balaban J connectivity index is 1.26. The Hall–Kier alpha value is -1.85. The highest BCUT2D eigenvalue weighted by Gasteiger charge is 2.61. The van der Waals surface area contributed by atoms with Gasteiger partial charge >= 0.3 is 0 Å². The zero-order valence-electron chi connectivity index (χ0n) is 18.2. The van der Waals surface area contributed by atoms with E-state index in [0.29, 0.717) is 23.0 Å². The Labute approximate surface area is 198 Å². The van der Waals surface area contributed by atoms with Crippen LogP contribution in [0.5, 0.6) is 0 Å². The molecule has 6 heteroatoms. The van der Waals surface area contributed by atoms with E-state index < -0.39 is 0 Å². The Morgan fingerprint density at radius 2 is 1.88 bits per heavy atom. The van der Waals surface area contributed by atoms with Gasteiger partial charge in [-0.2, -0.15) is 0 Å². The molecular formula is C26H29ClN2O2S. The highest BCUT2D eigenvalue weighted by atomic mass is 35.5. The van der Waals surface area contributed by atoms with Crippen molar-refractivity contribution < 1.29 is 9.59 Å². The monoisotopic (exact) mass is 468 g/mol. The van der Waals surface area contributed by atoms with Crippen LogP contribution in [0.2, 0.25) is 5.02 Å². The van der Waals surface area contributed by atoms with Crippen molar-refractivity contribution in [1.29, 1.82) is 0 Å². The van der Waals surface area contributed by atoms with E-state index in [1.54, 1.807) is 11.3 Å². The molecule has 2 aromatic rings. The summed E-state index contributed by atoms with van der Waals surface area (Å²) in [6, 6.07) is 7.56. The average molecular weight is 469 g/mol. The van der Waals surface area contributed by atoms with E-state index in [0.717, 1.165) is 66.5 Å². The minimum Gasteiger partial charge on any atom is -0.348 e. The van der Waals surface area contributed by atoms with Crippen LogP contribution in [0.25, 0.3) is 0 Å². The van der Waals surface area contributed by atoms with Crippen molar-refractivity contribution in [2.45, 2.75) is 64.3 Å². The van der Waals surface area contributed by atoms with E-state index >= 15 is 0 Å². The summed E-state index contributed by atoms with van der Waals surface area (Å²) in [5, 5.41) is 7.81. The average Bonchev–Trinajstić information content (AvgIpc) is 3.35. The van der Waals surface area contributed by atoms with Gasteiger partial charge in [-0.25, -0.2) is 0 Å². The van der Waals surface area contributed by atoms with E-state index in [1.807, 2.05) is 24.3 Å². The van der Waals surface area contributed by atoms with Crippen molar-refractivity contribution in [2.75, 3.05) is 5.32 Å². The number of benzene rings is 1. The lowest BCUT2D eigenvalue weighted by Gasteiger charge is -2.31. The summed E-state index contributed by atoms with van der Waals surface area (Å²) in [5.41, 5.74) is 2.63. The molecule has 0 aliphatic heterocycles. The fraction of sp³-hybridized carbons (Fsp3) is 0.538. The fourth-order valence-electron chi connectivity index (χ4n) is 7.21. The Bertz CT molecular complexity index is 1080. The van der Waals surface area contributed by atoms with Gasteiger partial charge in [0.15, 0.2) is 0 Å². The Morgan fingerprint density at radius 3 is 2.66 bits per heavy atom. The molecule has 4 fully saturated rings. The van der Waals surface area contributed by atoms with Gasteiger partial charge in [0, 0.05) is 16.4 Å². The second kappa shape index (κ2) is 7.88. The molecule has 32 heavy (non-hydrogen) atoms. The molecule has 5 aliphatic carbocycles. The fourth-order valence-corrected chi connectivity index (χ4v) is 8.70. The number of halogens is 1. The molecule has 2 atom stereocenters. The summed E-state index contributed by atoms with van der Waals surface area (Å²) in [7, 11) is 0. The van der Waals surface area contributed by atoms with Crippen LogP contribution in [0.1, 0.15) is 71.3 Å². The van der Waals surface area contributed by atoms with Crippen molar-refractivity contribution in [3.8, 4) is 0 Å². The third-order valence-electron chi connectivity index (χ3n) is 8.41. The number of thiophene rings is 1. The third kappa shape index (κ3) is 3.40. The molecule has 4 saturated carbocycles. The molecule has 5 aliphatic rings. The standard InChI is InChI=1S/C26H29ClN2O2S/c27-19-5-3-4-15(11-19)14-28-23(30)22-20-6-1-2-7-21(20)32-24(22)29-25(31)26-12-16-8-17(13-26)10-18(26)9-16/h3-5,11,16-18H,1-2,6-10,12-14H2,(H,28,30)(H,29,31). The van der Waals surface area contributed by atoms with Gasteiger partial charge in [0.05, 0.1) is 11.0 Å². The number of hydrogen-bond donors (Lipinski definition) is 2. The molecule has 2 amide bonds. The SMILES string of the molecule is O=C(NCc1cccc(Cl)c1)c1c(NC(=O)C23CC4CC(CC2C4)C3)sc2c1CCCC2. The molecule has 2 unspecified atom stereocenters. The molecular weight excluding hydrogens is 440 g/mol. The number of aryl methyl sites for hydroxylation is 1. The molecule has 168 valence electrons. The van der Waals surface area contributed by atoms with E-state index in [1.165, 1.54) is 24.1 Å². The van der Waals surface area contributed by atoms with E-state index in [4.69, 9.17) is 11.6 Å². The quantitative estimate of drug-likeness (QED) is 0.567. The largest absolute Gasteiger partial charge is 0.348 e. The summed E-state index contributed by atoms with van der Waals surface area (Å²) in [6.07, 6.45) is 10.0. The van der Waals surface area contributed by atoms with Crippen LogP contribution in [-0.4, -0.2) is 11.8 Å². The van der Waals surface area contributed by atoms with Gasteiger partial charge in [-0.1, -0.05) is 23.7 Å². The maximum absolute atomic E-state index is 13.6. The number of amides is 2. The summed E-state index contributed by atoms with van der Waals surface area (Å²) in [6.45, 7) is 0.423. The van der Waals surface area contributed by atoms with Crippen LogP contribution in [0.4, 0.5) is 5.00 Å². The van der Waals surface area contributed by atoms with Crippen molar-refractivity contribution in [2.24, 2.45) is 23.2 Å². The van der Waals surface area contributed by atoms with Gasteiger partial charge in [0.25, 0.3) is 5.91 Å². The Kier molecular flexibility index (Phi) is 5.10. The molecule has 4 bridgehead atoms. The first-order valence-corrected chi connectivity index (χ1v) is 13.2. The molecule has 2 N–H and O–H groups in total. The van der Waals surface area contributed by atoms with Gasteiger partial charge in [-0.15, -0.1) is 11.3 Å². The van der Waals surface area contributed by atoms with Crippen LogP contribution in [0.3, 0.4) is 0 Å². The van der Waals surface area contributed by atoms with Crippen LogP contribution < -0.4 is 10.6 Å². The normalized spacial score (nSPS) is 29.7. The van der Waals surface area contributed by atoms with Gasteiger partial charge < -0.3 is 10.6 Å². The third-order valence-corrected chi connectivity index (χ3v) is 9.85. The molecule has 1 aromatic carbocycles. The predicted molar refractivity (Wildman–Crippen MR) is 128 cm³/mol. The van der Waals surface area contributed by atoms with Crippen LogP contribution >= 0.6 is 22.9 Å². The minimum absolute atomic E-state index is 0.0885. The highest BCUT2D eigenvalue weighted by Crippen LogP contribution is 2.65. The van der Waals surface area contributed by atoms with Crippen LogP contribution in [0, 0.1) is 23.2 Å². The van der Waals surface area contributed by atoms with Crippen molar-refractivity contribution in [3.05, 3.63) is 50.9 Å². The van der Waals surface area contributed by atoms with E-state index in [9.17, 15) is 9.59 Å². The first-order chi connectivity index (χ1) is 15.5. The number of fused-ring (bicyclic) bond motifs is 1. The number of carbonyl (C=O) groups is 2. The molecule has 0 saturated heterocycles. The van der Waals surface area contributed by atoms with E-state index in [2.05, 4.69) is 10.6 Å². The van der Waals surface area contributed by atoms with Crippen LogP contribution in [0.15, 0.2) is 24.3 Å². The lowest BCUT2D eigenvalue weighted by Crippen LogP contribution is -2.37. The number of rotatable bonds is 5. The zero-order valence-corrected chi connectivity index (χ0v) is 19.8. The maximum Gasteiger partial charge on any atom is 0.254 e. The molecule has 1 heterocycles. The summed E-state index contributed by atoms with van der Waals surface area (Å²) in [5.74, 6) is 2.09. The first kappa shape index (κ1) is 20.7. The number of carbonyl (C=O) groups excluding carboxylic acids is 2. The van der Waals surface area contributed by atoms with Gasteiger partial charge in [0.2, 0.25) is 5.91 Å². The van der Waals surface area contributed by atoms with E-state index in [-0.39, 0.29) is 17.2 Å². The second-order valence-electron chi connectivity index (χ2n) is 10.4. The number of nitrogens with one attached hydrogen (secondary N) is 2. The lowest BCUT2D eigenvalue weighted by molar-refractivity contribution is -0.127. The van der Waals surface area contributed by atoms with Crippen molar-refractivity contribution >= 4 is 39.8 Å². The van der Waals surface area contributed by atoms with Gasteiger partial charge in [0.1, 0.15) is 5.00 Å². The van der Waals surface area contributed by atoms with Crippen LogP contribution in [-0.2, 0) is 24.2 Å². The summed E-state index contributed by atoms with van der Waals surface area (Å²) < 4.78 is 0. The number of hydrogen-bond acceptors (Lipinski definition) is 3. The number of anilines is 1. The topological polar surface area (TPSA) is 58.2 Å². The summed E-state index contributed by atoms with van der Waals surface area (Å²) in [4.78, 5) is 28.3. The molecule has 7 rings (SSSR count). The molecule has 0 radical (unpaired) electrons. The smallest absolute Gasteiger partial charge is 0.254 e. The highest BCUT2D eigenvalue weighted by molar-refractivity contribution is 7.17. The predicted octanol–water partition coefficient (Wildman–Crippen LogP) is 5.98.